The topological polar surface area (TPSA) is 214 Å². The number of ketones is 4. The van der Waals surface area contributed by atoms with Gasteiger partial charge in [-0.2, -0.15) is 0 Å². The van der Waals surface area contributed by atoms with Crippen molar-refractivity contribution >= 4 is 46.7 Å². The van der Waals surface area contributed by atoms with E-state index in [1.165, 1.54) is 33.2 Å². The van der Waals surface area contributed by atoms with E-state index in [-0.39, 0.29) is 55.5 Å². The highest BCUT2D eigenvalue weighted by Gasteiger charge is 2.69. The smallest absolute Gasteiger partial charge is 0.305 e. The van der Waals surface area contributed by atoms with Crippen LogP contribution < -0.4 is 10.6 Å². The third kappa shape index (κ3) is 6.83. The minimum atomic E-state index is -2.81. The van der Waals surface area contributed by atoms with E-state index in [1.807, 2.05) is 4.90 Å². The van der Waals surface area contributed by atoms with E-state index in [2.05, 4.69) is 0 Å². The molecule has 0 bridgehead atoms. The van der Waals surface area contributed by atoms with Crippen molar-refractivity contribution in [1.82, 2.24) is 9.80 Å². The molecule has 3 aliphatic rings. The van der Waals surface area contributed by atoms with Crippen LogP contribution in [0.5, 0.6) is 5.75 Å². The fourth-order valence-corrected chi connectivity index (χ4v) is 7.83. The monoisotopic (exact) mass is 686 g/mol. The summed E-state index contributed by atoms with van der Waals surface area (Å²) in [4.78, 5) is 96.5. The number of Topliss-reactive ketones (excluding diaryl/α,β-unsaturated/α-hetero) is 4. The summed E-state index contributed by atoms with van der Waals surface area (Å²) in [7, 11) is 9.20. The van der Waals surface area contributed by atoms with E-state index in [0.29, 0.717) is 42.7 Å². The number of hydrogen-bond donors (Lipinski definition) is 3. The summed E-state index contributed by atoms with van der Waals surface area (Å²) in [5.74, 6) is -11.9. The first-order chi connectivity index (χ1) is 23.0. The number of esters is 2. The molecule has 2 unspecified atom stereocenters. The Labute approximate surface area is 284 Å². The minimum Gasteiger partial charge on any atom is -0.507 e. The molecule has 0 spiro atoms. The molecule has 1 aromatic carbocycles. The predicted molar refractivity (Wildman–Crippen MR) is 173 cm³/mol. The molecule has 4 rings (SSSR count). The molecule has 0 aliphatic heterocycles. The van der Waals surface area contributed by atoms with Crippen LogP contribution in [0.3, 0.4) is 0 Å². The van der Waals surface area contributed by atoms with Gasteiger partial charge in [-0.05, 0) is 70.4 Å². The first-order valence-corrected chi connectivity index (χ1v) is 16.3. The Hall–Kier alpha value is -4.21. The molecule has 6 atom stereocenters. The lowest BCUT2D eigenvalue weighted by Gasteiger charge is -2.52. The average Bonchev–Trinajstić information content (AvgIpc) is 3.02. The number of phenols is 1. The molecular weight excluding hydrogens is 640 g/mol. The zero-order valence-electron chi connectivity index (χ0n) is 28.8. The van der Waals surface area contributed by atoms with Crippen LogP contribution in [-0.2, 0) is 51.2 Å². The zero-order valence-corrected chi connectivity index (χ0v) is 28.8. The van der Waals surface area contributed by atoms with Gasteiger partial charge in [-0.3, -0.25) is 43.4 Å². The molecule has 0 aromatic heterocycles. The number of aromatic hydroxyl groups is 1. The number of carbonyl (C=O) groups is 7. The highest BCUT2D eigenvalue weighted by atomic mass is 16.5. The van der Waals surface area contributed by atoms with Crippen LogP contribution in [0.4, 0.5) is 5.69 Å². The maximum absolute atomic E-state index is 14.4. The number of anilines is 1. The molecular formula is C34H46N4O11. The van der Waals surface area contributed by atoms with Gasteiger partial charge in [0.25, 0.3) is 0 Å². The fraction of sp³-hybridized carbons (Fsp3) is 0.618. The number of likely N-dealkylation sites (N-methyl/N-ethyl adjacent to an activating group) is 1. The van der Waals surface area contributed by atoms with E-state index in [0.717, 1.165) is 0 Å². The third-order valence-electron chi connectivity index (χ3n) is 10.2. The molecule has 0 heterocycles. The zero-order chi connectivity index (χ0) is 36.5. The summed E-state index contributed by atoms with van der Waals surface area (Å²) in [5, 5.41) is 23.6. The second-order valence-corrected chi connectivity index (χ2v) is 13.6. The second kappa shape index (κ2) is 14.7. The van der Waals surface area contributed by atoms with E-state index in [9.17, 15) is 43.8 Å². The van der Waals surface area contributed by atoms with Crippen molar-refractivity contribution in [2.45, 2.75) is 56.7 Å². The predicted octanol–water partition coefficient (Wildman–Crippen LogP) is -0.359. The van der Waals surface area contributed by atoms with Gasteiger partial charge in [-0.15, -0.1) is 0 Å². The van der Waals surface area contributed by atoms with Crippen molar-refractivity contribution in [2.24, 2.45) is 29.4 Å². The normalized spacial score (nSPS) is 26.3. The van der Waals surface area contributed by atoms with Crippen LogP contribution in [0.1, 0.15) is 53.6 Å². The average molecular weight is 687 g/mol. The highest BCUT2D eigenvalue weighted by molar-refractivity contribution is 6.32. The number of aliphatic hydroxyl groups is 1. The summed E-state index contributed by atoms with van der Waals surface area (Å²) in [5.41, 5.74) is 3.95. The molecule has 15 heteroatoms. The molecule has 0 radical (unpaired) electrons. The van der Waals surface area contributed by atoms with Gasteiger partial charge in [0.2, 0.25) is 5.91 Å². The Balaban J connectivity index is 1.76. The lowest BCUT2D eigenvalue weighted by Crippen LogP contribution is -2.74. The number of nitrogens with zero attached hydrogens (tertiary/aromatic N) is 3. The number of methoxy groups -OCH3 is 2. The Bertz CT molecular complexity index is 1530. The quantitative estimate of drug-likeness (QED) is 0.179. The molecule has 268 valence electrons. The van der Waals surface area contributed by atoms with Gasteiger partial charge in [0.1, 0.15) is 5.75 Å². The van der Waals surface area contributed by atoms with E-state index in [4.69, 9.17) is 15.2 Å². The lowest BCUT2D eigenvalue weighted by atomic mass is 9.52. The molecule has 49 heavy (non-hydrogen) atoms. The molecule has 0 saturated heterocycles. The van der Waals surface area contributed by atoms with Crippen molar-refractivity contribution < 1.29 is 53.2 Å². The molecule has 1 amide bonds. The summed E-state index contributed by atoms with van der Waals surface area (Å²) in [6.07, 6.45) is 1.22. The van der Waals surface area contributed by atoms with Crippen molar-refractivity contribution in [3.63, 3.8) is 0 Å². The third-order valence-corrected chi connectivity index (χ3v) is 10.2. The van der Waals surface area contributed by atoms with Crippen LogP contribution in [0.2, 0.25) is 0 Å². The number of nitrogens with two attached hydrogens (primary N) is 1. The highest BCUT2D eigenvalue weighted by Crippen LogP contribution is 2.52. The van der Waals surface area contributed by atoms with Gasteiger partial charge in [-0.25, -0.2) is 0 Å². The lowest BCUT2D eigenvalue weighted by molar-refractivity contribution is -0.181. The number of benzene rings is 1. The molecule has 15 nitrogen and oxygen atoms in total. The number of fused-ring (bicyclic) bond motifs is 3. The maximum atomic E-state index is 14.4. The first kappa shape index (κ1) is 37.6. The van der Waals surface area contributed by atoms with Gasteiger partial charge < -0.3 is 30.3 Å². The summed E-state index contributed by atoms with van der Waals surface area (Å²) >= 11 is 0. The number of primary amides is 1. The Kier molecular flexibility index (Phi) is 11.3. The van der Waals surface area contributed by atoms with E-state index < -0.39 is 64.4 Å². The van der Waals surface area contributed by atoms with E-state index in [1.54, 1.807) is 25.1 Å². The van der Waals surface area contributed by atoms with Gasteiger partial charge in [0.15, 0.2) is 34.7 Å². The largest absolute Gasteiger partial charge is 0.507 e. The van der Waals surface area contributed by atoms with Crippen LogP contribution in [0, 0.1) is 23.7 Å². The Morgan fingerprint density at radius 1 is 0.959 bits per heavy atom. The molecule has 2 saturated carbocycles. The summed E-state index contributed by atoms with van der Waals surface area (Å²) in [6.45, 7) is 0.907. The molecule has 3 aliphatic carbocycles. The molecule has 2 fully saturated rings. The van der Waals surface area contributed by atoms with E-state index >= 15 is 0 Å². The number of hydrogen-bond acceptors (Lipinski definition) is 14. The minimum absolute atomic E-state index is 0.0482. The van der Waals surface area contributed by atoms with Crippen LogP contribution >= 0.6 is 0 Å². The van der Waals surface area contributed by atoms with Gasteiger partial charge in [0.05, 0.1) is 31.7 Å². The van der Waals surface area contributed by atoms with Crippen LogP contribution in [0.15, 0.2) is 6.07 Å². The van der Waals surface area contributed by atoms with Crippen LogP contribution in [-0.4, -0.2) is 128 Å². The Morgan fingerprint density at radius 2 is 1.53 bits per heavy atom. The molecule has 4 N–H and O–H groups in total. The van der Waals surface area contributed by atoms with Crippen LogP contribution in [0.25, 0.3) is 0 Å². The van der Waals surface area contributed by atoms with Crippen molar-refractivity contribution in [1.29, 1.82) is 0 Å². The van der Waals surface area contributed by atoms with Gasteiger partial charge in [0, 0.05) is 50.7 Å². The van der Waals surface area contributed by atoms with Gasteiger partial charge in [-0.1, -0.05) is 0 Å². The number of amides is 1. The summed E-state index contributed by atoms with van der Waals surface area (Å²) < 4.78 is 9.48. The summed E-state index contributed by atoms with van der Waals surface area (Å²) in [6, 6.07) is 0.569. The maximum Gasteiger partial charge on any atom is 0.305 e. The number of rotatable bonds is 13. The standard InChI is InChI=1S/C34H46N4O11/c1-36(2)21-15-18(16-38(11-7-9-22(39)48-5)12-8-10-23(40)49-6)28(41)25-19(21)13-17-14-20-27(37(3)4)30(43)26(33(35)46)32(45)34(20,47)31(44)24(17)29(25)42/h15,17,20,24,26-27,41,47H,7-14,16H2,1-6H3,(H2,35,46)/t17-,20-,24?,26?,27-,34-/m1/s1. The second-order valence-electron chi connectivity index (χ2n) is 13.6. The van der Waals surface area contributed by atoms with Crippen molar-refractivity contribution in [3.05, 3.63) is 22.8 Å². The SMILES string of the molecule is COC(=O)CCCN(CCCC(=O)OC)Cc1cc(N(C)C)c2c(c1O)C(=O)C1C(=O)[C@@]3(O)C(=O)C(C(N)=O)C(=O)[C@H](N(C)C)[C@H]3C[C@H]1C2. The van der Waals surface area contributed by atoms with Crippen molar-refractivity contribution in [2.75, 3.05) is 60.4 Å². The number of carbonyl (C=O) groups excluding carboxylic acids is 7. The fourth-order valence-electron chi connectivity index (χ4n) is 7.83. The first-order valence-electron chi connectivity index (χ1n) is 16.3. The van der Waals surface area contributed by atoms with Crippen molar-refractivity contribution in [3.8, 4) is 5.75 Å². The number of phenolic OH excluding ortho intramolecular Hbond substituents is 1. The Morgan fingerprint density at radius 3 is 2.02 bits per heavy atom. The van der Waals surface area contributed by atoms with Gasteiger partial charge >= 0.3 is 11.9 Å². The molecule has 1 aromatic rings. The number of ether oxygens (including phenoxy) is 2.